The van der Waals surface area contributed by atoms with E-state index in [2.05, 4.69) is 15.5 Å². The molecular formula is C19H18ClFN4O2S. The summed E-state index contributed by atoms with van der Waals surface area (Å²) in [6, 6.07) is 11.8. The number of aromatic nitrogens is 3. The average molecular weight is 421 g/mol. The van der Waals surface area contributed by atoms with E-state index in [-0.39, 0.29) is 23.3 Å². The lowest BCUT2D eigenvalue weighted by Crippen LogP contribution is -2.14. The number of benzene rings is 2. The van der Waals surface area contributed by atoms with E-state index in [9.17, 15) is 9.18 Å². The second-order valence-electron chi connectivity index (χ2n) is 6.03. The van der Waals surface area contributed by atoms with Crippen molar-refractivity contribution in [1.82, 2.24) is 14.8 Å². The molecule has 0 unspecified atom stereocenters. The number of halogens is 2. The zero-order valence-corrected chi connectivity index (χ0v) is 16.9. The maximum atomic E-state index is 13.2. The highest BCUT2D eigenvalue weighted by Gasteiger charge is 2.13. The van der Waals surface area contributed by atoms with Crippen molar-refractivity contribution < 1.29 is 13.9 Å². The van der Waals surface area contributed by atoms with Gasteiger partial charge in [0.05, 0.1) is 10.8 Å². The van der Waals surface area contributed by atoms with Crippen molar-refractivity contribution in [3.05, 3.63) is 64.7 Å². The Hall–Kier alpha value is -2.58. The molecule has 1 amide bonds. The van der Waals surface area contributed by atoms with Gasteiger partial charge >= 0.3 is 0 Å². The standard InChI is InChI=1S/C19H18ClFN4O2S/c1-12-4-3-5-14(8-12)27-10-17-23-24-19(25(17)2)28-11-18(26)22-13-6-7-16(21)15(20)9-13/h3-9H,10-11H2,1-2H3,(H,22,26). The summed E-state index contributed by atoms with van der Waals surface area (Å²) >= 11 is 6.95. The van der Waals surface area contributed by atoms with Gasteiger partial charge in [0.2, 0.25) is 5.91 Å². The topological polar surface area (TPSA) is 69.0 Å². The molecule has 0 aliphatic carbocycles. The molecule has 0 fully saturated rings. The van der Waals surface area contributed by atoms with Crippen LogP contribution in [0.1, 0.15) is 11.4 Å². The van der Waals surface area contributed by atoms with Crippen LogP contribution in [0.15, 0.2) is 47.6 Å². The van der Waals surface area contributed by atoms with Crippen LogP contribution in [0.2, 0.25) is 5.02 Å². The Morgan fingerprint density at radius 3 is 2.86 bits per heavy atom. The van der Waals surface area contributed by atoms with Crippen molar-refractivity contribution >= 4 is 35.0 Å². The maximum Gasteiger partial charge on any atom is 0.234 e. The van der Waals surface area contributed by atoms with Crippen LogP contribution in [0.3, 0.4) is 0 Å². The molecule has 0 bridgehead atoms. The molecule has 1 aromatic heterocycles. The SMILES string of the molecule is Cc1cccc(OCc2nnc(SCC(=O)Nc3ccc(F)c(Cl)c3)n2C)c1. The molecule has 146 valence electrons. The third-order valence-corrected chi connectivity index (χ3v) is 5.13. The molecule has 9 heteroatoms. The number of anilines is 1. The lowest BCUT2D eigenvalue weighted by Gasteiger charge is -2.08. The van der Waals surface area contributed by atoms with E-state index in [1.807, 2.05) is 38.2 Å². The number of nitrogens with one attached hydrogen (secondary N) is 1. The summed E-state index contributed by atoms with van der Waals surface area (Å²) in [7, 11) is 1.81. The Balaban J connectivity index is 1.53. The number of nitrogens with zero attached hydrogens (tertiary/aromatic N) is 3. The number of hydrogen-bond donors (Lipinski definition) is 1. The zero-order chi connectivity index (χ0) is 20.1. The highest BCUT2D eigenvalue weighted by atomic mass is 35.5. The van der Waals surface area contributed by atoms with Crippen LogP contribution >= 0.6 is 23.4 Å². The molecule has 0 aliphatic rings. The molecule has 0 saturated heterocycles. The molecule has 0 saturated carbocycles. The van der Waals surface area contributed by atoms with E-state index < -0.39 is 5.82 Å². The normalized spacial score (nSPS) is 10.7. The zero-order valence-electron chi connectivity index (χ0n) is 15.3. The first-order valence-electron chi connectivity index (χ1n) is 8.38. The van der Waals surface area contributed by atoms with Gasteiger partial charge in [-0.1, -0.05) is 35.5 Å². The van der Waals surface area contributed by atoms with Crippen LogP contribution in [-0.2, 0) is 18.4 Å². The minimum atomic E-state index is -0.534. The minimum absolute atomic E-state index is 0.0444. The van der Waals surface area contributed by atoms with Crippen molar-refractivity contribution in [3.8, 4) is 5.75 Å². The fraction of sp³-hybridized carbons (Fsp3) is 0.211. The summed E-state index contributed by atoms with van der Waals surface area (Å²) in [6.45, 7) is 2.27. The predicted octanol–water partition coefficient (Wildman–Crippen LogP) is 4.23. The molecule has 6 nitrogen and oxygen atoms in total. The van der Waals surface area contributed by atoms with Crippen LogP contribution in [0.25, 0.3) is 0 Å². The van der Waals surface area contributed by atoms with Gasteiger partial charge in [0.25, 0.3) is 0 Å². The highest BCUT2D eigenvalue weighted by molar-refractivity contribution is 7.99. The number of hydrogen-bond acceptors (Lipinski definition) is 5. The van der Waals surface area contributed by atoms with Gasteiger partial charge in [0, 0.05) is 12.7 Å². The Morgan fingerprint density at radius 2 is 2.11 bits per heavy atom. The van der Waals surface area contributed by atoms with Crippen molar-refractivity contribution in [2.45, 2.75) is 18.7 Å². The van der Waals surface area contributed by atoms with Crippen LogP contribution < -0.4 is 10.1 Å². The molecule has 3 aromatic rings. The van der Waals surface area contributed by atoms with Gasteiger partial charge in [-0.05, 0) is 42.8 Å². The molecule has 28 heavy (non-hydrogen) atoms. The summed E-state index contributed by atoms with van der Waals surface area (Å²) in [6.07, 6.45) is 0. The van der Waals surface area contributed by atoms with Crippen molar-refractivity contribution in [2.24, 2.45) is 7.05 Å². The largest absolute Gasteiger partial charge is 0.486 e. The van der Waals surface area contributed by atoms with Gasteiger partial charge < -0.3 is 14.6 Å². The first kappa shape index (κ1) is 20.2. The van der Waals surface area contributed by atoms with E-state index in [1.54, 1.807) is 4.57 Å². The second-order valence-corrected chi connectivity index (χ2v) is 7.38. The third kappa shape index (κ3) is 5.24. The smallest absolute Gasteiger partial charge is 0.234 e. The fourth-order valence-corrected chi connectivity index (χ4v) is 3.26. The summed E-state index contributed by atoms with van der Waals surface area (Å²) in [5, 5.41) is 11.4. The molecule has 0 spiro atoms. The molecule has 0 radical (unpaired) electrons. The van der Waals surface area contributed by atoms with E-state index in [0.29, 0.717) is 16.7 Å². The van der Waals surface area contributed by atoms with Crippen LogP contribution in [-0.4, -0.2) is 26.4 Å². The lowest BCUT2D eigenvalue weighted by atomic mass is 10.2. The molecule has 0 aliphatic heterocycles. The van der Waals surface area contributed by atoms with E-state index >= 15 is 0 Å². The van der Waals surface area contributed by atoms with Crippen molar-refractivity contribution in [2.75, 3.05) is 11.1 Å². The highest BCUT2D eigenvalue weighted by Crippen LogP contribution is 2.21. The molecule has 1 heterocycles. The van der Waals surface area contributed by atoms with Crippen LogP contribution in [0.5, 0.6) is 5.75 Å². The van der Waals surface area contributed by atoms with Gasteiger partial charge in [0.15, 0.2) is 11.0 Å². The van der Waals surface area contributed by atoms with Gasteiger partial charge in [-0.25, -0.2) is 4.39 Å². The van der Waals surface area contributed by atoms with Crippen molar-refractivity contribution in [3.63, 3.8) is 0 Å². The number of aryl methyl sites for hydroxylation is 1. The summed E-state index contributed by atoms with van der Waals surface area (Å²) in [4.78, 5) is 12.1. The number of carbonyl (C=O) groups excluding carboxylic acids is 1. The van der Waals surface area contributed by atoms with Crippen LogP contribution in [0.4, 0.5) is 10.1 Å². The first-order chi connectivity index (χ1) is 13.4. The number of ether oxygens (including phenoxy) is 1. The van der Waals surface area contributed by atoms with Crippen molar-refractivity contribution in [1.29, 1.82) is 0 Å². The first-order valence-corrected chi connectivity index (χ1v) is 9.74. The summed E-state index contributed by atoms with van der Waals surface area (Å²) < 4.78 is 20.7. The van der Waals surface area contributed by atoms with E-state index in [1.165, 1.54) is 30.0 Å². The van der Waals surface area contributed by atoms with Gasteiger partial charge in [0.1, 0.15) is 18.2 Å². The van der Waals surface area contributed by atoms with E-state index in [4.69, 9.17) is 16.3 Å². The Morgan fingerprint density at radius 1 is 1.29 bits per heavy atom. The van der Waals surface area contributed by atoms with Gasteiger partial charge in [-0.15, -0.1) is 10.2 Å². The summed E-state index contributed by atoms with van der Waals surface area (Å²) in [5.41, 5.74) is 1.54. The molecule has 2 aromatic carbocycles. The minimum Gasteiger partial charge on any atom is -0.486 e. The third-order valence-electron chi connectivity index (χ3n) is 3.82. The van der Waals surface area contributed by atoms with Gasteiger partial charge in [-0.2, -0.15) is 0 Å². The monoisotopic (exact) mass is 420 g/mol. The predicted molar refractivity (Wildman–Crippen MR) is 107 cm³/mol. The number of amides is 1. The number of rotatable bonds is 7. The maximum absolute atomic E-state index is 13.2. The fourth-order valence-electron chi connectivity index (χ4n) is 2.35. The molecule has 0 atom stereocenters. The number of carbonyl (C=O) groups is 1. The second kappa shape index (κ2) is 9.07. The Kier molecular flexibility index (Phi) is 6.53. The molecule has 1 N–H and O–H groups in total. The summed E-state index contributed by atoms with van der Waals surface area (Å²) in [5.74, 6) is 0.741. The molecular weight excluding hydrogens is 403 g/mol. The van der Waals surface area contributed by atoms with E-state index in [0.717, 1.165) is 11.3 Å². The number of thioether (sulfide) groups is 1. The molecule has 3 rings (SSSR count). The van der Waals surface area contributed by atoms with Crippen LogP contribution in [0, 0.1) is 12.7 Å². The Labute approximate surface area is 171 Å². The average Bonchev–Trinajstić information content (AvgIpc) is 3.01. The lowest BCUT2D eigenvalue weighted by molar-refractivity contribution is -0.113. The van der Waals surface area contributed by atoms with Gasteiger partial charge in [-0.3, -0.25) is 4.79 Å². The Bertz CT molecular complexity index is 996. The quantitative estimate of drug-likeness (QED) is 0.579.